The van der Waals surface area contributed by atoms with E-state index in [1.165, 1.54) is 29.0 Å². The Balaban J connectivity index is 1.49. The third-order valence-corrected chi connectivity index (χ3v) is 7.66. The maximum atomic E-state index is 13.0. The SMILES string of the molecule is CC1Cc2ccccc2N1C(=O)Cc1ccc(N(C)S(=O)(=O)c2ccc(Cl)cc2)cc1. The molecule has 7 heteroatoms. The van der Waals surface area contributed by atoms with E-state index >= 15 is 0 Å². The molecule has 0 saturated heterocycles. The minimum atomic E-state index is -3.70. The Morgan fingerprint density at radius 1 is 1.03 bits per heavy atom. The third-order valence-electron chi connectivity index (χ3n) is 5.60. The second kappa shape index (κ2) is 8.36. The Morgan fingerprint density at radius 2 is 1.68 bits per heavy atom. The van der Waals surface area contributed by atoms with Gasteiger partial charge in [0.25, 0.3) is 10.0 Å². The van der Waals surface area contributed by atoms with Crippen molar-refractivity contribution in [2.75, 3.05) is 16.3 Å². The molecule has 4 rings (SSSR count). The molecular weight excluding hydrogens is 432 g/mol. The van der Waals surface area contributed by atoms with Crippen LogP contribution in [0.5, 0.6) is 0 Å². The molecule has 1 aliphatic rings. The van der Waals surface area contributed by atoms with Gasteiger partial charge in [0, 0.05) is 23.8 Å². The maximum Gasteiger partial charge on any atom is 0.264 e. The molecule has 0 fully saturated rings. The van der Waals surface area contributed by atoms with Gasteiger partial charge in [-0.2, -0.15) is 0 Å². The van der Waals surface area contributed by atoms with Crippen LogP contribution in [-0.2, 0) is 27.7 Å². The van der Waals surface area contributed by atoms with Crippen LogP contribution in [0.25, 0.3) is 0 Å². The van der Waals surface area contributed by atoms with Gasteiger partial charge in [-0.1, -0.05) is 41.9 Å². The van der Waals surface area contributed by atoms with Crippen LogP contribution in [0.1, 0.15) is 18.1 Å². The maximum absolute atomic E-state index is 13.0. The second-order valence-electron chi connectivity index (χ2n) is 7.72. The number of halogens is 1. The zero-order chi connectivity index (χ0) is 22.2. The molecule has 0 spiro atoms. The van der Waals surface area contributed by atoms with Gasteiger partial charge in [0.1, 0.15) is 0 Å². The number of anilines is 2. The first-order valence-corrected chi connectivity index (χ1v) is 11.8. The van der Waals surface area contributed by atoms with Crippen molar-refractivity contribution in [2.24, 2.45) is 0 Å². The summed E-state index contributed by atoms with van der Waals surface area (Å²) in [6.07, 6.45) is 1.11. The van der Waals surface area contributed by atoms with Crippen molar-refractivity contribution in [1.29, 1.82) is 0 Å². The Labute approximate surface area is 187 Å². The first kappa shape index (κ1) is 21.4. The van der Waals surface area contributed by atoms with Gasteiger partial charge in [-0.05, 0) is 66.9 Å². The average Bonchev–Trinajstić information content (AvgIpc) is 3.10. The fourth-order valence-corrected chi connectivity index (χ4v) is 5.25. The van der Waals surface area contributed by atoms with E-state index in [0.717, 1.165) is 17.7 Å². The van der Waals surface area contributed by atoms with Crippen LogP contribution in [-0.4, -0.2) is 27.4 Å². The topological polar surface area (TPSA) is 57.7 Å². The Kier molecular flexibility index (Phi) is 5.77. The molecule has 1 aliphatic heterocycles. The van der Waals surface area contributed by atoms with Crippen molar-refractivity contribution in [3.8, 4) is 0 Å². The molecule has 0 N–H and O–H groups in total. The summed E-state index contributed by atoms with van der Waals surface area (Å²) < 4.78 is 26.9. The summed E-state index contributed by atoms with van der Waals surface area (Å²) >= 11 is 5.86. The summed E-state index contributed by atoms with van der Waals surface area (Å²) in [6, 6.07) is 21.2. The standard InChI is InChI=1S/C24H23ClN2O3S/c1-17-15-19-5-3-4-6-23(19)27(17)24(28)16-18-7-11-21(12-8-18)26(2)31(29,30)22-13-9-20(25)10-14-22/h3-14,17H,15-16H2,1-2H3. The lowest BCUT2D eigenvalue weighted by molar-refractivity contribution is -0.118. The van der Waals surface area contributed by atoms with E-state index in [1.54, 1.807) is 36.4 Å². The van der Waals surface area contributed by atoms with Gasteiger partial charge < -0.3 is 4.90 Å². The van der Waals surface area contributed by atoms with Crippen molar-refractivity contribution in [3.05, 3.63) is 88.9 Å². The number of amides is 1. The van der Waals surface area contributed by atoms with E-state index in [4.69, 9.17) is 11.6 Å². The zero-order valence-corrected chi connectivity index (χ0v) is 18.9. The largest absolute Gasteiger partial charge is 0.309 e. The number of hydrogen-bond donors (Lipinski definition) is 0. The first-order chi connectivity index (χ1) is 14.8. The minimum Gasteiger partial charge on any atom is -0.309 e. The summed E-state index contributed by atoms with van der Waals surface area (Å²) in [6.45, 7) is 2.05. The normalized spacial score (nSPS) is 15.6. The van der Waals surface area contributed by atoms with Crippen LogP contribution < -0.4 is 9.21 Å². The molecule has 0 bridgehead atoms. The third kappa shape index (κ3) is 4.18. The van der Waals surface area contributed by atoms with Crippen molar-refractivity contribution < 1.29 is 13.2 Å². The van der Waals surface area contributed by atoms with E-state index in [-0.39, 0.29) is 23.3 Å². The number of benzene rings is 3. The summed E-state index contributed by atoms with van der Waals surface area (Å²) in [5.41, 5.74) is 3.52. The van der Waals surface area contributed by atoms with Gasteiger partial charge in [0.2, 0.25) is 5.91 Å². The highest BCUT2D eigenvalue weighted by atomic mass is 35.5. The molecule has 1 amide bonds. The molecule has 1 unspecified atom stereocenters. The van der Waals surface area contributed by atoms with E-state index < -0.39 is 10.0 Å². The Hall–Kier alpha value is -2.83. The van der Waals surface area contributed by atoms with Crippen molar-refractivity contribution in [1.82, 2.24) is 0 Å². The summed E-state index contributed by atoms with van der Waals surface area (Å²) in [5, 5.41) is 0.477. The van der Waals surface area contributed by atoms with E-state index in [9.17, 15) is 13.2 Å². The molecule has 5 nitrogen and oxygen atoms in total. The lowest BCUT2D eigenvalue weighted by Crippen LogP contribution is -2.36. The number of fused-ring (bicyclic) bond motifs is 1. The smallest absolute Gasteiger partial charge is 0.264 e. The monoisotopic (exact) mass is 454 g/mol. The first-order valence-electron chi connectivity index (χ1n) is 10.0. The highest BCUT2D eigenvalue weighted by Gasteiger charge is 2.30. The summed E-state index contributed by atoms with van der Waals surface area (Å²) in [5.74, 6) is 0.0346. The molecule has 3 aromatic carbocycles. The van der Waals surface area contributed by atoms with Crippen LogP contribution >= 0.6 is 11.6 Å². The number of sulfonamides is 1. The number of carbonyl (C=O) groups excluding carboxylic acids is 1. The van der Waals surface area contributed by atoms with Crippen molar-refractivity contribution in [2.45, 2.75) is 30.7 Å². The molecule has 0 radical (unpaired) electrons. The minimum absolute atomic E-state index is 0.0346. The van der Waals surface area contributed by atoms with Gasteiger partial charge in [-0.25, -0.2) is 8.42 Å². The van der Waals surface area contributed by atoms with Crippen LogP contribution in [0, 0.1) is 0 Å². The molecular formula is C24H23ClN2O3S. The van der Waals surface area contributed by atoms with E-state index in [2.05, 4.69) is 13.0 Å². The molecule has 31 heavy (non-hydrogen) atoms. The van der Waals surface area contributed by atoms with Gasteiger partial charge in [-0.3, -0.25) is 9.10 Å². The van der Waals surface area contributed by atoms with Crippen LogP contribution in [0.4, 0.5) is 11.4 Å². The highest BCUT2D eigenvalue weighted by Crippen LogP contribution is 2.32. The zero-order valence-electron chi connectivity index (χ0n) is 17.3. The van der Waals surface area contributed by atoms with Crippen LogP contribution in [0.3, 0.4) is 0 Å². The molecule has 0 saturated carbocycles. The lowest BCUT2D eigenvalue weighted by Gasteiger charge is -2.23. The summed E-state index contributed by atoms with van der Waals surface area (Å²) in [4.78, 5) is 15.0. The number of nitrogens with zero attached hydrogens (tertiary/aromatic N) is 2. The predicted octanol–water partition coefficient (Wildman–Crippen LogP) is 4.69. The number of carbonyl (C=O) groups is 1. The number of para-hydroxylation sites is 1. The Bertz CT molecular complexity index is 1210. The van der Waals surface area contributed by atoms with Gasteiger partial charge in [-0.15, -0.1) is 0 Å². The fraction of sp³-hybridized carbons (Fsp3) is 0.208. The van der Waals surface area contributed by atoms with Gasteiger partial charge in [0.15, 0.2) is 0 Å². The highest BCUT2D eigenvalue weighted by molar-refractivity contribution is 7.92. The predicted molar refractivity (Wildman–Crippen MR) is 124 cm³/mol. The molecule has 160 valence electrons. The molecule has 0 aliphatic carbocycles. The van der Waals surface area contributed by atoms with Crippen molar-refractivity contribution >= 4 is 38.9 Å². The fourth-order valence-electron chi connectivity index (χ4n) is 3.93. The quantitative estimate of drug-likeness (QED) is 0.562. The molecule has 0 aromatic heterocycles. The van der Waals surface area contributed by atoms with Crippen LogP contribution in [0.2, 0.25) is 5.02 Å². The Morgan fingerprint density at radius 3 is 2.35 bits per heavy atom. The van der Waals surface area contributed by atoms with Crippen molar-refractivity contribution in [3.63, 3.8) is 0 Å². The number of rotatable bonds is 5. The lowest BCUT2D eigenvalue weighted by atomic mass is 10.1. The molecule has 3 aromatic rings. The molecule has 1 heterocycles. The van der Waals surface area contributed by atoms with Crippen LogP contribution in [0.15, 0.2) is 77.7 Å². The van der Waals surface area contributed by atoms with Gasteiger partial charge >= 0.3 is 0 Å². The van der Waals surface area contributed by atoms with E-state index in [0.29, 0.717) is 10.7 Å². The van der Waals surface area contributed by atoms with E-state index in [1.807, 2.05) is 23.1 Å². The summed E-state index contributed by atoms with van der Waals surface area (Å²) in [7, 11) is -2.19. The van der Waals surface area contributed by atoms with Gasteiger partial charge in [0.05, 0.1) is 17.0 Å². The number of hydrogen-bond acceptors (Lipinski definition) is 3. The molecule has 1 atom stereocenters. The average molecular weight is 455 g/mol. The second-order valence-corrected chi connectivity index (χ2v) is 10.1.